The predicted molar refractivity (Wildman–Crippen MR) is 89.4 cm³/mol. The Morgan fingerprint density at radius 1 is 1.45 bits per heavy atom. The van der Waals surface area contributed by atoms with Gasteiger partial charge < -0.3 is 10.0 Å². The molecule has 0 spiro atoms. The van der Waals surface area contributed by atoms with Gasteiger partial charge in [-0.05, 0) is 18.1 Å². The van der Waals surface area contributed by atoms with Gasteiger partial charge in [0.2, 0.25) is 5.91 Å². The Bertz CT molecular complexity index is 552. The maximum Gasteiger partial charge on any atom is 0.305 e. The zero-order valence-corrected chi connectivity index (χ0v) is 14.1. The highest BCUT2D eigenvalue weighted by atomic mass is 35.5. The van der Waals surface area contributed by atoms with Crippen LogP contribution in [-0.4, -0.2) is 46.0 Å². The lowest BCUT2D eigenvalue weighted by Crippen LogP contribution is -2.49. The molecule has 1 heterocycles. The minimum atomic E-state index is -0.857. The number of carbonyl (C=O) groups is 2. The smallest absolute Gasteiger partial charge is 0.305 e. The molecule has 2 unspecified atom stereocenters. The molecule has 0 radical (unpaired) electrons. The van der Waals surface area contributed by atoms with E-state index in [9.17, 15) is 9.59 Å². The number of benzene rings is 1. The van der Waals surface area contributed by atoms with Crippen molar-refractivity contribution in [3.05, 3.63) is 34.9 Å². The summed E-state index contributed by atoms with van der Waals surface area (Å²) in [5.74, 6) is 0.507. The largest absolute Gasteiger partial charge is 0.481 e. The third-order valence-corrected chi connectivity index (χ3v) is 5.29. The molecule has 0 aromatic heterocycles. The van der Waals surface area contributed by atoms with Crippen LogP contribution < -0.4 is 0 Å². The minimum Gasteiger partial charge on any atom is -0.481 e. The lowest BCUT2D eigenvalue weighted by atomic mass is 9.98. The number of halogens is 1. The standard InChI is InChI=1S/C16H20ClNO3S/c1-11(8-12-4-2-3-5-14(12)17)16(21)18-6-7-22-10-13(18)9-15(19)20/h2-5,11,13H,6-10H2,1H3,(H,19,20). The second-order valence-corrected chi connectivity index (χ2v) is 7.11. The second-order valence-electron chi connectivity index (χ2n) is 5.55. The van der Waals surface area contributed by atoms with Crippen molar-refractivity contribution in [1.29, 1.82) is 0 Å². The van der Waals surface area contributed by atoms with Gasteiger partial charge in [-0.3, -0.25) is 9.59 Å². The third kappa shape index (κ3) is 4.40. The Balaban J connectivity index is 2.04. The molecular weight excluding hydrogens is 322 g/mol. The number of aliphatic carboxylic acids is 1. The van der Waals surface area contributed by atoms with E-state index in [0.717, 1.165) is 11.3 Å². The third-order valence-electron chi connectivity index (χ3n) is 3.83. The number of hydrogen-bond donors (Lipinski definition) is 1. The van der Waals surface area contributed by atoms with Crippen molar-refractivity contribution in [2.75, 3.05) is 18.1 Å². The number of hydrogen-bond acceptors (Lipinski definition) is 3. The number of nitrogens with zero attached hydrogens (tertiary/aromatic N) is 1. The number of carboxylic acid groups (broad SMARTS) is 1. The van der Waals surface area contributed by atoms with Crippen LogP contribution in [0.25, 0.3) is 0 Å². The molecule has 1 N–H and O–H groups in total. The molecule has 22 heavy (non-hydrogen) atoms. The summed E-state index contributed by atoms with van der Waals surface area (Å²) in [6.07, 6.45) is 0.583. The summed E-state index contributed by atoms with van der Waals surface area (Å²) >= 11 is 7.86. The summed E-state index contributed by atoms with van der Waals surface area (Å²) in [6.45, 7) is 2.50. The molecule has 1 aromatic rings. The zero-order chi connectivity index (χ0) is 16.1. The monoisotopic (exact) mass is 341 g/mol. The molecule has 1 aromatic carbocycles. The van der Waals surface area contributed by atoms with Crippen LogP contribution in [0, 0.1) is 5.92 Å². The molecule has 1 amide bonds. The first-order valence-corrected chi connectivity index (χ1v) is 8.85. The van der Waals surface area contributed by atoms with Crippen LogP contribution in [0.1, 0.15) is 18.9 Å². The van der Waals surface area contributed by atoms with Crippen LogP contribution in [0.2, 0.25) is 5.02 Å². The molecule has 120 valence electrons. The van der Waals surface area contributed by atoms with E-state index < -0.39 is 5.97 Å². The van der Waals surface area contributed by atoms with Gasteiger partial charge >= 0.3 is 5.97 Å². The Labute approximate surface area is 139 Å². The van der Waals surface area contributed by atoms with Crippen molar-refractivity contribution >= 4 is 35.2 Å². The molecule has 2 atom stereocenters. The van der Waals surface area contributed by atoms with Crippen molar-refractivity contribution in [3.8, 4) is 0 Å². The number of carbonyl (C=O) groups excluding carboxylic acids is 1. The Morgan fingerprint density at radius 3 is 2.86 bits per heavy atom. The van der Waals surface area contributed by atoms with E-state index >= 15 is 0 Å². The molecule has 0 aliphatic carbocycles. The maximum absolute atomic E-state index is 12.7. The fourth-order valence-electron chi connectivity index (χ4n) is 2.68. The van der Waals surface area contributed by atoms with E-state index in [1.165, 1.54) is 0 Å². The van der Waals surface area contributed by atoms with Crippen molar-refractivity contribution in [3.63, 3.8) is 0 Å². The van der Waals surface area contributed by atoms with Crippen LogP contribution in [0.3, 0.4) is 0 Å². The predicted octanol–water partition coefficient (Wildman–Crippen LogP) is 2.94. The van der Waals surface area contributed by atoms with Crippen LogP contribution in [0.5, 0.6) is 0 Å². The van der Waals surface area contributed by atoms with E-state index in [2.05, 4.69) is 0 Å². The molecule has 1 saturated heterocycles. The fourth-order valence-corrected chi connectivity index (χ4v) is 3.96. The Kier molecular flexibility index (Phi) is 6.15. The second kappa shape index (κ2) is 7.88. The number of amides is 1. The number of rotatable bonds is 5. The topological polar surface area (TPSA) is 57.6 Å². The van der Waals surface area contributed by atoms with E-state index in [1.807, 2.05) is 31.2 Å². The summed E-state index contributed by atoms with van der Waals surface area (Å²) in [5.41, 5.74) is 0.950. The van der Waals surface area contributed by atoms with Crippen molar-refractivity contribution < 1.29 is 14.7 Å². The number of carboxylic acids is 1. The van der Waals surface area contributed by atoms with E-state index in [4.69, 9.17) is 16.7 Å². The summed E-state index contributed by atoms with van der Waals surface area (Å²) in [5, 5.41) is 9.68. The zero-order valence-electron chi connectivity index (χ0n) is 12.5. The lowest BCUT2D eigenvalue weighted by Gasteiger charge is -2.36. The first-order valence-electron chi connectivity index (χ1n) is 7.32. The highest BCUT2D eigenvalue weighted by molar-refractivity contribution is 7.99. The van der Waals surface area contributed by atoms with Gasteiger partial charge in [0.05, 0.1) is 12.5 Å². The van der Waals surface area contributed by atoms with Crippen LogP contribution >= 0.6 is 23.4 Å². The van der Waals surface area contributed by atoms with E-state index in [-0.39, 0.29) is 24.3 Å². The molecule has 4 nitrogen and oxygen atoms in total. The molecule has 0 saturated carbocycles. The van der Waals surface area contributed by atoms with Gasteiger partial charge in [0.25, 0.3) is 0 Å². The van der Waals surface area contributed by atoms with Gasteiger partial charge in [0.1, 0.15) is 0 Å². The average molecular weight is 342 g/mol. The molecule has 6 heteroatoms. The highest BCUT2D eigenvalue weighted by Gasteiger charge is 2.31. The van der Waals surface area contributed by atoms with Gasteiger partial charge in [0, 0.05) is 29.0 Å². The van der Waals surface area contributed by atoms with Gasteiger partial charge in [-0.15, -0.1) is 0 Å². The first kappa shape index (κ1) is 17.2. The molecule has 1 fully saturated rings. The van der Waals surface area contributed by atoms with Crippen molar-refractivity contribution in [1.82, 2.24) is 4.90 Å². The maximum atomic E-state index is 12.7. The van der Waals surface area contributed by atoms with Crippen LogP contribution in [-0.2, 0) is 16.0 Å². The highest BCUT2D eigenvalue weighted by Crippen LogP contribution is 2.24. The van der Waals surface area contributed by atoms with Gasteiger partial charge in [-0.25, -0.2) is 0 Å². The number of thioether (sulfide) groups is 1. The van der Waals surface area contributed by atoms with Gasteiger partial charge in [-0.2, -0.15) is 11.8 Å². The SMILES string of the molecule is CC(Cc1ccccc1Cl)C(=O)N1CCSCC1CC(=O)O. The Hall–Kier alpha value is -1.20. The molecule has 2 rings (SSSR count). The lowest BCUT2D eigenvalue weighted by molar-refractivity contribution is -0.141. The van der Waals surface area contributed by atoms with Crippen LogP contribution in [0.15, 0.2) is 24.3 Å². The summed E-state index contributed by atoms with van der Waals surface area (Å²) in [6, 6.07) is 7.30. The average Bonchev–Trinajstić information content (AvgIpc) is 2.49. The summed E-state index contributed by atoms with van der Waals surface area (Å²) in [7, 11) is 0. The summed E-state index contributed by atoms with van der Waals surface area (Å²) in [4.78, 5) is 25.4. The molecule has 1 aliphatic heterocycles. The Morgan fingerprint density at radius 2 is 2.18 bits per heavy atom. The fraction of sp³-hybridized carbons (Fsp3) is 0.500. The van der Waals surface area contributed by atoms with E-state index in [0.29, 0.717) is 23.7 Å². The normalized spacial score (nSPS) is 19.7. The van der Waals surface area contributed by atoms with Gasteiger partial charge in [-0.1, -0.05) is 36.7 Å². The summed E-state index contributed by atoms with van der Waals surface area (Å²) < 4.78 is 0. The molecule has 1 aliphatic rings. The van der Waals surface area contributed by atoms with Crippen molar-refractivity contribution in [2.45, 2.75) is 25.8 Å². The quantitative estimate of drug-likeness (QED) is 0.894. The minimum absolute atomic E-state index is 0.0115. The van der Waals surface area contributed by atoms with E-state index in [1.54, 1.807) is 16.7 Å². The van der Waals surface area contributed by atoms with Crippen molar-refractivity contribution in [2.24, 2.45) is 5.92 Å². The van der Waals surface area contributed by atoms with Gasteiger partial charge in [0.15, 0.2) is 0 Å². The molecule has 0 bridgehead atoms. The first-order chi connectivity index (χ1) is 10.5. The molecular formula is C16H20ClNO3S. The van der Waals surface area contributed by atoms with Crippen LogP contribution in [0.4, 0.5) is 0 Å².